The van der Waals surface area contributed by atoms with Gasteiger partial charge in [-0.15, -0.1) is 0 Å². The fourth-order valence-electron chi connectivity index (χ4n) is 1.64. The molecule has 94 valence electrons. The summed E-state index contributed by atoms with van der Waals surface area (Å²) in [6.45, 7) is 0.758. The zero-order valence-electron chi connectivity index (χ0n) is 10.3. The summed E-state index contributed by atoms with van der Waals surface area (Å²) in [4.78, 5) is 7.91. The van der Waals surface area contributed by atoms with Gasteiger partial charge in [0.25, 0.3) is 0 Å². The predicted octanol–water partition coefficient (Wildman–Crippen LogP) is 1.72. The molecule has 0 fully saturated rings. The van der Waals surface area contributed by atoms with Crippen LogP contribution in [0.2, 0.25) is 0 Å². The Morgan fingerprint density at radius 2 is 2.28 bits per heavy atom. The van der Waals surface area contributed by atoms with E-state index in [0.717, 1.165) is 18.7 Å². The lowest BCUT2D eigenvalue weighted by atomic mass is 10.1. The number of nitrogens with zero attached hydrogens (tertiary/aromatic N) is 2. The number of nitrogens with one attached hydrogen (secondary N) is 1. The Morgan fingerprint density at radius 1 is 1.39 bits per heavy atom. The lowest BCUT2D eigenvalue weighted by Gasteiger charge is -2.08. The number of benzene rings is 1. The van der Waals surface area contributed by atoms with Crippen molar-refractivity contribution in [1.29, 1.82) is 0 Å². The number of hydrogen-bond acceptors (Lipinski definition) is 5. The number of nitrogens with two attached hydrogens (primary N) is 1. The smallest absolute Gasteiger partial charge is 0.152 e. The van der Waals surface area contributed by atoms with E-state index in [1.807, 2.05) is 18.2 Å². The second kappa shape index (κ2) is 5.86. The number of rotatable bonds is 5. The molecule has 0 amide bonds. The highest BCUT2D eigenvalue weighted by Gasteiger charge is 2.00. The van der Waals surface area contributed by atoms with Crippen LogP contribution in [-0.2, 0) is 6.42 Å². The molecule has 2 aromatic rings. The Bertz CT molecular complexity index is 516. The van der Waals surface area contributed by atoms with Gasteiger partial charge >= 0.3 is 0 Å². The van der Waals surface area contributed by atoms with Gasteiger partial charge in [-0.25, -0.2) is 9.97 Å². The second-order valence-corrected chi connectivity index (χ2v) is 3.85. The standard InChI is InChI=1S/C13H16N4O/c1-18-11-4-2-3-10(7-11)5-6-16-13-12(14)8-15-9-17-13/h2-4,7-9H,5-6,14H2,1H3,(H,15,16,17). The average Bonchev–Trinajstić information content (AvgIpc) is 2.41. The second-order valence-electron chi connectivity index (χ2n) is 3.85. The molecule has 18 heavy (non-hydrogen) atoms. The summed E-state index contributed by atoms with van der Waals surface area (Å²) in [7, 11) is 1.67. The first-order valence-corrected chi connectivity index (χ1v) is 5.72. The van der Waals surface area contributed by atoms with E-state index in [1.165, 1.54) is 11.9 Å². The molecule has 0 saturated heterocycles. The van der Waals surface area contributed by atoms with E-state index in [9.17, 15) is 0 Å². The molecule has 0 unspecified atom stereocenters. The quantitative estimate of drug-likeness (QED) is 0.837. The van der Waals surface area contributed by atoms with E-state index < -0.39 is 0 Å². The summed E-state index contributed by atoms with van der Waals surface area (Å²) < 4.78 is 5.18. The van der Waals surface area contributed by atoms with Crippen LogP contribution >= 0.6 is 0 Å². The third-order valence-electron chi connectivity index (χ3n) is 2.58. The number of aromatic nitrogens is 2. The fraction of sp³-hybridized carbons (Fsp3) is 0.231. The van der Waals surface area contributed by atoms with Gasteiger partial charge in [0, 0.05) is 6.54 Å². The largest absolute Gasteiger partial charge is 0.497 e. The van der Waals surface area contributed by atoms with Gasteiger partial charge in [-0.05, 0) is 24.1 Å². The van der Waals surface area contributed by atoms with Crippen LogP contribution in [0.3, 0.4) is 0 Å². The molecule has 3 N–H and O–H groups in total. The van der Waals surface area contributed by atoms with Gasteiger partial charge in [-0.3, -0.25) is 0 Å². The summed E-state index contributed by atoms with van der Waals surface area (Å²) in [6, 6.07) is 7.99. The minimum Gasteiger partial charge on any atom is -0.497 e. The summed E-state index contributed by atoms with van der Waals surface area (Å²) >= 11 is 0. The summed E-state index contributed by atoms with van der Waals surface area (Å²) in [6.07, 6.45) is 3.94. The highest BCUT2D eigenvalue weighted by molar-refractivity contribution is 5.58. The lowest BCUT2D eigenvalue weighted by molar-refractivity contribution is 0.414. The van der Waals surface area contributed by atoms with Crippen LogP contribution in [0.1, 0.15) is 5.56 Å². The van der Waals surface area contributed by atoms with Crippen molar-refractivity contribution in [3.63, 3.8) is 0 Å². The Balaban J connectivity index is 1.90. The van der Waals surface area contributed by atoms with Gasteiger partial charge in [-0.2, -0.15) is 0 Å². The van der Waals surface area contributed by atoms with Crippen molar-refractivity contribution in [3.8, 4) is 5.75 Å². The van der Waals surface area contributed by atoms with Crippen LogP contribution in [-0.4, -0.2) is 23.6 Å². The third kappa shape index (κ3) is 3.10. The van der Waals surface area contributed by atoms with Crippen molar-refractivity contribution in [2.45, 2.75) is 6.42 Å². The molecule has 0 aliphatic rings. The van der Waals surface area contributed by atoms with Crippen LogP contribution in [0.4, 0.5) is 11.5 Å². The Morgan fingerprint density at radius 3 is 3.06 bits per heavy atom. The predicted molar refractivity (Wildman–Crippen MR) is 71.6 cm³/mol. The zero-order valence-corrected chi connectivity index (χ0v) is 10.3. The lowest BCUT2D eigenvalue weighted by Crippen LogP contribution is -2.08. The molecule has 0 radical (unpaired) electrons. The van der Waals surface area contributed by atoms with Crippen molar-refractivity contribution in [1.82, 2.24) is 9.97 Å². The van der Waals surface area contributed by atoms with Crippen molar-refractivity contribution >= 4 is 11.5 Å². The average molecular weight is 244 g/mol. The van der Waals surface area contributed by atoms with E-state index >= 15 is 0 Å². The number of methoxy groups -OCH3 is 1. The number of hydrogen-bond donors (Lipinski definition) is 2. The highest BCUT2D eigenvalue weighted by atomic mass is 16.5. The maximum absolute atomic E-state index is 5.74. The van der Waals surface area contributed by atoms with E-state index in [-0.39, 0.29) is 0 Å². The van der Waals surface area contributed by atoms with Crippen LogP contribution in [0.15, 0.2) is 36.8 Å². The van der Waals surface area contributed by atoms with Crippen LogP contribution < -0.4 is 15.8 Å². The Labute approximate surface area is 106 Å². The maximum atomic E-state index is 5.74. The van der Waals surface area contributed by atoms with E-state index in [1.54, 1.807) is 13.3 Å². The monoisotopic (exact) mass is 244 g/mol. The summed E-state index contributed by atoms with van der Waals surface area (Å²) in [5, 5.41) is 3.18. The van der Waals surface area contributed by atoms with Crippen LogP contribution in [0, 0.1) is 0 Å². The molecule has 0 aliphatic carbocycles. The van der Waals surface area contributed by atoms with E-state index in [0.29, 0.717) is 11.5 Å². The minimum atomic E-state index is 0.558. The van der Waals surface area contributed by atoms with Gasteiger partial charge in [0.1, 0.15) is 12.1 Å². The molecule has 1 heterocycles. The van der Waals surface area contributed by atoms with Gasteiger partial charge in [0.2, 0.25) is 0 Å². The van der Waals surface area contributed by atoms with Crippen molar-refractivity contribution in [2.75, 3.05) is 24.7 Å². The SMILES string of the molecule is COc1cccc(CCNc2ncncc2N)c1. The van der Waals surface area contributed by atoms with Gasteiger partial charge in [0.05, 0.1) is 19.0 Å². The van der Waals surface area contributed by atoms with Crippen LogP contribution in [0.25, 0.3) is 0 Å². The molecule has 0 atom stereocenters. The number of ether oxygens (including phenoxy) is 1. The molecule has 2 rings (SSSR count). The highest BCUT2D eigenvalue weighted by Crippen LogP contribution is 2.14. The van der Waals surface area contributed by atoms with Crippen molar-refractivity contribution in [2.24, 2.45) is 0 Å². The molecular weight excluding hydrogens is 228 g/mol. The van der Waals surface area contributed by atoms with E-state index in [2.05, 4.69) is 21.4 Å². The molecule has 5 nitrogen and oxygen atoms in total. The number of nitrogen functional groups attached to an aromatic ring is 1. The third-order valence-corrected chi connectivity index (χ3v) is 2.58. The Hall–Kier alpha value is -2.30. The fourth-order valence-corrected chi connectivity index (χ4v) is 1.64. The van der Waals surface area contributed by atoms with E-state index in [4.69, 9.17) is 10.5 Å². The van der Waals surface area contributed by atoms with Gasteiger partial charge < -0.3 is 15.8 Å². The first kappa shape index (κ1) is 12.2. The molecular formula is C13H16N4O. The van der Waals surface area contributed by atoms with Crippen LogP contribution in [0.5, 0.6) is 5.75 Å². The summed E-state index contributed by atoms with van der Waals surface area (Å²) in [5.41, 5.74) is 7.50. The minimum absolute atomic E-state index is 0.558. The summed E-state index contributed by atoms with van der Waals surface area (Å²) in [5.74, 6) is 1.54. The molecule has 0 spiro atoms. The first-order chi connectivity index (χ1) is 8.79. The topological polar surface area (TPSA) is 73.1 Å². The maximum Gasteiger partial charge on any atom is 0.152 e. The zero-order chi connectivity index (χ0) is 12.8. The van der Waals surface area contributed by atoms with Crippen molar-refractivity contribution < 1.29 is 4.74 Å². The molecule has 1 aromatic heterocycles. The van der Waals surface area contributed by atoms with Gasteiger partial charge in [-0.1, -0.05) is 12.1 Å². The first-order valence-electron chi connectivity index (χ1n) is 5.72. The molecule has 0 aliphatic heterocycles. The molecule has 0 saturated carbocycles. The normalized spacial score (nSPS) is 10.1. The number of anilines is 2. The van der Waals surface area contributed by atoms with Crippen molar-refractivity contribution in [3.05, 3.63) is 42.4 Å². The van der Waals surface area contributed by atoms with Gasteiger partial charge in [0.15, 0.2) is 5.82 Å². The molecule has 0 bridgehead atoms. The Kier molecular flexibility index (Phi) is 3.96. The molecule has 5 heteroatoms. The molecule has 1 aromatic carbocycles.